The minimum Gasteiger partial charge on any atom is -0.384 e. The first kappa shape index (κ1) is 16.9. The highest BCUT2D eigenvalue weighted by molar-refractivity contribution is 5.99. The van der Waals surface area contributed by atoms with Gasteiger partial charge in [-0.15, -0.1) is 0 Å². The van der Waals surface area contributed by atoms with Gasteiger partial charge in [-0.05, 0) is 32.4 Å². The molecule has 2 aromatic heterocycles. The zero-order chi connectivity index (χ0) is 18.3. The van der Waals surface area contributed by atoms with Gasteiger partial charge in [0.05, 0.1) is 36.8 Å². The number of carbonyl (C=O) groups excluding carboxylic acids is 1. The lowest BCUT2D eigenvalue weighted by molar-refractivity contribution is -0.115. The largest absolute Gasteiger partial charge is 0.384 e. The van der Waals surface area contributed by atoms with Crippen LogP contribution in [0.3, 0.4) is 0 Å². The van der Waals surface area contributed by atoms with Crippen LogP contribution in [-0.4, -0.2) is 51.8 Å². The SMILES string of the molecule is CC(C)(O)c1ccc(-c2cnc3c(n2)N([C@H]2CCOC2)CC(=O)N3)cn1.[HH]. The van der Waals surface area contributed by atoms with Gasteiger partial charge in [0.1, 0.15) is 5.60 Å². The molecule has 2 aliphatic rings. The van der Waals surface area contributed by atoms with Crippen LogP contribution < -0.4 is 10.2 Å². The zero-order valence-corrected chi connectivity index (χ0v) is 14.8. The van der Waals surface area contributed by atoms with E-state index >= 15 is 0 Å². The van der Waals surface area contributed by atoms with Crippen molar-refractivity contribution < 1.29 is 16.1 Å². The fraction of sp³-hybridized carbons (Fsp3) is 0.444. The second-order valence-electron chi connectivity index (χ2n) is 7.11. The normalized spacial score (nSPS) is 20.0. The number of hydrogen-bond donors (Lipinski definition) is 2. The highest BCUT2D eigenvalue weighted by atomic mass is 16.5. The van der Waals surface area contributed by atoms with Gasteiger partial charge in [-0.3, -0.25) is 9.78 Å². The van der Waals surface area contributed by atoms with Crippen LogP contribution in [-0.2, 0) is 15.1 Å². The highest BCUT2D eigenvalue weighted by Crippen LogP contribution is 2.31. The Morgan fingerprint density at radius 3 is 2.85 bits per heavy atom. The van der Waals surface area contributed by atoms with Gasteiger partial charge in [-0.2, -0.15) is 0 Å². The van der Waals surface area contributed by atoms with Crippen LogP contribution in [0.4, 0.5) is 11.6 Å². The molecule has 138 valence electrons. The Bertz CT molecular complexity index is 832. The molecule has 0 saturated carbocycles. The summed E-state index contributed by atoms with van der Waals surface area (Å²) in [7, 11) is 0. The fourth-order valence-corrected chi connectivity index (χ4v) is 3.19. The van der Waals surface area contributed by atoms with Crippen molar-refractivity contribution in [3.63, 3.8) is 0 Å². The maximum atomic E-state index is 12.0. The molecule has 1 fully saturated rings. The third kappa shape index (κ3) is 3.13. The number of hydrogen-bond acceptors (Lipinski definition) is 7. The van der Waals surface area contributed by atoms with E-state index in [1.807, 2.05) is 11.0 Å². The van der Waals surface area contributed by atoms with E-state index in [0.717, 1.165) is 12.0 Å². The minimum atomic E-state index is -0.996. The van der Waals surface area contributed by atoms with Crippen LogP contribution in [0.1, 0.15) is 27.4 Å². The van der Waals surface area contributed by atoms with Gasteiger partial charge in [0.25, 0.3) is 0 Å². The molecule has 8 heteroatoms. The van der Waals surface area contributed by atoms with E-state index in [1.165, 1.54) is 0 Å². The summed E-state index contributed by atoms with van der Waals surface area (Å²) in [5.74, 6) is 1.03. The zero-order valence-electron chi connectivity index (χ0n) is 14.8. The van der Waals surface area contributed by atoms with Crippen LogP contribution in [0.5, 0.6) is 0 Å². The summed E-state index contributed by atoms with van der Waals surface area (Å²) in [5.41, 5.74) is 1.06. The lowest BCUT2D eigenvalue weighted by atomic mass is 10.0. The van der Waals surface area contributed by atoms with E-state index in [2.05, 4.69) is 15.3 Å². The Hall–Kier alpha value is -2.58. The Morgan fingerprint density at radius 1 is 1.35 bits per heavy atom. The smallest absolute Gasteiger partial charge is 0.245 e. The van der Waals surface area contributed by atoms with Gasteiger partial charge in [-0.1, -0.05) is 0 Å². The number of amides is 1. The predicted octanol–water partition coefficient (Wildman–Crippen LogP) is 1.56. The molecule has 2 N–H and O–H groups in total. The lowest BCUT2D eigenvalue weighted by Crippen LogP contribution is -2.45. The van der Waals surface area contributed by atoms with Crippen molar-refractivity contribution in [2.75, 3.05) is 30.0 Å². The van der Waals surface area contributed by atoms with Crippen molar-refractivity contribution in [3.05, 3.63) is 30.2 Å². The molecular formula is C18H23N5O3. The first-order valence-electron chi connectivity index (χ1n) is 8.62. The summed E-state index contributed by atoms with van der Waals surface area (Å²) in [5, 5.41) is 12.8. The summed E-state index contributed by atoms with van der Waals surface area (Å²) in [6.45, 7) is 4.90. The quantitative estimate of drug-likeness (QED) is 0.860. The van der Waals surface area contributed by atoms with Crippen LogP contribution in [0.2, 0.25) is 0 Å². The number of aromatic nitrogens is 3. The maximum absolute atomic E-state index is 12.0. The van der Waals surface area contributed by atoms with Crippen molar-refractivity contribution in [3.8, 4) is 11.3 Å². The summed E-state index contributed by atoms with van der Waals surface area (Å²) >= 11 is 0. The van der Waals surface area contributed by atoms with Crippen LogP contribution in [0, 0.1) is 0 Å². The first-order valence-corrected chi connectivity index (χ1v) is 8.62. The van der Waals surface area contributed by atoms with Crippen molar-refractivity contribution in [2.45, 2.75) is 31.9 Å². The van der Waals surface area contributed by atoms with E-state index in [1.54, 1.807) is 32.3 Å². The molecule has 0 radical (unpaired) electrons. The number of ether oxygens (including phenoxy) is 1. The second kappa shape index (κ2) is 6.30. The van der Waals surface area contributed by atoms with E-state index in [9.17, 15) is 9.90 Å². The Morgan fingerprint density at radius 2 is 2.19 bits per heavy atom. The summed E-state index contributed by atoms with van der Waals surface area (Å²) < 4.78 is 5.47. The monoisotopic (exact) mass is 357 g/mol. The molecule has 8 nitrogen and oxygen atoms in total. The molecule has 1 atom stereocenters. The van der Waals surface area contributed by atoms with Crippen LogP contribution >= 0.6 is 0 Å². The number of carbonyl (C=O) groups is 1. The summed E-state index contributed by atoms with van der Waals surface area (Å²) in [6, 6.07) is 3.77. The average Bonchev–Trinajstić information content (AvgIpc) is 3.14. The molecule has 0 aliphatic carbocycles. The first-order chi connectivity index (χ1) is 12.4. The van der Waals surface area contributed by atoms with E-state index < -0.39 is 5.60 Å². The maximum Gasteiger partial charge on any atom is 0.245 e. The number of rotatable bonds is 3. The number of pyridine rings is 1. The third-order valence-electron chi connectivity index (χ3n) is 4.63. The van der Waals surface area contributed by atoms with Crippen LogP contribution in [0.15, 0.2) is 24.5 Å². The number of aliphatic hydroxyl groups is 1. The van der Waals surface area contributed by atoms with E-state index in [4.69, 9.17) is 9.72 Å². The molecule has 4 rings (SSSR count). The second-order valence-corrected chi connectivity index (χ2v) is 7.11. The van der Waals surface area contributed by atoms with Gasteiger partial charge in [-0.25, -0.2) is 9.97 Å². The number of nitrogens with one attached hydrogen (secondary N) is 1. The molecule has 0 bridgehead atoms. The minimum absolute atomic E-state index is 0. The van der Waals surface area contributed by atoms with Gasteiger partial charge in [0, 0.05) is 19.8 Å². The molecule has 0 unspecified atom stereocenters. The van der Waals surface area contributed by atoms with Crippen LogP contribution in [0.25, 0.3) is 11.3 Å². The number of fused-ring (bicyclic) bond motifs is 1. The third-order valence-corrected chi connectivity index (χ3v) is 4.63. The number of nitrogens with zero attached hydrogens (tertiary/aromatic N) is 4. The van der Waals surface area contributed by atoms with Crippen molar-refractivity contribution in [1.29, 1.82) is 0 Å². The molecular weight excluding hydrogens is 334 g/mol. The van der Waals surface area contributed by atoms with Gasteiger partial charge >= 0.3 is 0 Å². The summed E-state index contributed by atoms with van der Waals surface area (Å²) in [6.07, 6.45) is 4.16. The van der Waals surface area contributed by atoms with Gasteiger partial charge < -0.3 is 20.1 Å². The van der Waals surface area contributed by atoms with E-state index in [0.29, 0.717) is 36.2 Å². The lowest BCUT2D eigenvalue weighted by Gasteiger charge is -2.33. The average molecular weight is 357 g/mol. The molecule has 2 aromatic rings. The van der Waals surface area contributed by atoms with E-state index in [-0.39, 0.29) is 19.9 Å². The molecule has 1 saturated heterocycles. The Labute approximate surface area is 152 Å². The molecule has 4 heterocycles. The van der Waals surface area contributed by atoms with Gasteiger partial charge in [0.15, 0.2) is 11.6 Å². The standard InChI is InChI=1S/C18H21N5O3.H2/c1-18(2,25)14-4-3-11(7-19-14)13-8-20-16-17(21-13)23(9-15(24)22-16)12-5-6-26-10-12;/h3-4,7-8,12,25H,5-6,9-10H2,1-2H3,(H,20,22,24);1H/t12-;/m0./s1. The predicted molar refractivity (Wildman–Crippen MR) is 97.8 cm³/mol. The van der Waals surface area contributed by atoms with Crippen molar-refractivity contribution in [2.24, 2.45) is 0 Å². The van der Waals surface area contributed by atoms with Gasteiger partial charge in [0.2, 0.25) is 5.91 Å². The molecule has 2 aliphatic heterocycles. The number of anilines is 2. The molecule has 0 spiro atoms. The topological polar surface area (TPSA) is 100 Å². The van der Waals surface area contributed by atoms with Crippen molar-refractivity contribution in [1.82, 2.24) is 15.0 Å². The van der Waals surface area contributed by atoms with Crippen molar-refractivity contribution >= 4 is 17.5 Å². The molecule has 26 heavy (non-hydrogen) atoms. The highest BCUT2D eigenvalue weighted by Gasteiger charge is 2.32. The molecule has 0 aromatic carbocycles. The summed E-state index contributed by atoms with van der Waals surface area (Å²) in [4.78, 5) is 27.4. The molecule has 1 amide bonds. The Kier molecular flexibility index (Phi) is 4.08. The Balaban J connectivity index is 0.00000210. The fourth-order valence-electron chi connectivity index (χ4n) is 3.19.